The summed E-state index contributed by atoms with van der Waals surface area (Å²) in [6, 6.07) is 29.7. The van der Waals surface area contributed by atoms with Gasteiger partial charge in [-0.1, -0.05) is 70.8 Å². The fourth-order valence-corrected chi connectivity index (χ4v) is 3.40. The van der Waals surface area contributed by atoms with E-state index < -0.39 is 0 Å². The second kappa shape index (κ2) is 22.6. The first-order chi connectivity index (χ1) is 18.9. The van der Waals surface area contributed by atoms with Crippen LogP contribution in [-0.4, -0.2) is 40.9 Å². The molecule has 0 atom stereocenters. The van der Waals surface area contributed by atoms with Crippen LogP contribution in [0.1, 0.15) is 0 Å². The van der Waals surface area contributed by atoms with E-state index in [0.717, 1.165) is 45.0 Å². The van der Waals surface area contributed by atoms with E-state index in [2.05, 4.69) is 51.5 Å². The van der Waals surface area contributed by atoms with Gasteiger partial charge in [0.1, 0.15) is 0 Å². The average molecular weight is 964 g/mol. The van der Waals surface area contributed by atoms with Crippen LogP contribution in [0.3, 0.4) is 0 Å². The molecule has 6 rings (SSSR count). The fraction of sp³-hybridized carbons (Fsp3) is 0. The predicted molar refractivity (Wildman–Crippen MR) is 150 cm³/mol. The summed E-state index contributed by atoms with van der Waals surface area (Å²) in [6.07, 6.45) is 14.1. The number of halogens is 1. The van der Waals surface area contributed by atoms with Crippen LogP contribution in [0.2, 0.25) is 0 Å². The zero-order valence-electron chi connectivity index (χ0n) is 22.2. The third-order valence-electron chi connectivity index (χ3n) is 5.12. The van der Waals surface area contributed by atoms with Crippen molar-refractivity contribution in [3.05, 3.63) is 135 Å². The molecule has 0 saturated heterocycles. The van der Waals surface area contributed by atoms with E-state index in [-0.39, 0.29) is 83.4 Å². The van der Waals surface area contributed by atoms with Crippen LogP contribution in [0.5, 0.6) is 0 Å². The Kier molecular flexibility index (Phi) is 21.6. The molecule has 3 N–H and O–H groups in total. The summed E-state index contributed by atoms with van der Waals surface area (Å²) < 4.78 is 0. The summed E-state index contributed by atoms with van der Waals surface area (Å²) in [6.45, 7) is 0. The number of aromatic nitrogens is 6. The molecule has 0 aliphatic rings. The molecule has 0 unspecified atom stereocenters. The molecule has 12 heteroatoms. The van der Waals surface area contributed by atoms with Gasteiger partial charge in [-0.15, -0.1) is 12.1 Å². The van der Waals surface area contributed by atoms with E-state index in [4.69, 9.17) is 0 Å². The Morgan fingerprint density at radius 3 is 0.905 bits per heavy atom. The number of rotatable bonds is 4. The van der Waals surface area contributed by atoms with Crippen LogP contribution in [0.15, 0.2) is 122 Å². The molecule has 0 fully saturated rings. The molecule has 8 nitrogen and oxygen atoms in total. The Hall–Kier alpha value is -1.88. The fourth-order valence-electron chi connectivity index (χ4n) is 3.40. The van der Waals surface area contributed by atoms with Crippen molar-refractivity contribution in [3.63, 3.8) is 0 Å². The van der Waals surface area contributed by atoms with E-state index in [1.807, 2.05) is 72.8 Å². The van der Waals surface area contributed by atoms with Crippen LogP contribution in [0, 0.1) is 12.1 Å². The second-order valence-corrected chi connectivity index (χ2v) is 7.58. The zero-order chi connectivity index (χ0) is 26.4. The van der Waals surface area contributed by atoms with Gasteiger partial charge in [-0.3, -0.25) is 19.9 Å². The van der Waals surface area contributed by atoms with Crippen molar-refractivity contribution >= 4 is 9.42 Å². The van der Waals surface area contributed by atoms with Gasteiger partial charge >= 0.3 is 79.6 Å². The Bertz CT molecular complexity index is 1320. The molecule has 0 bridgehead atoms. The van der Waals surface area contributed by atoms with Gasteiger partial charge in [-0.25, -0.2) is 0 Å². The number of nitrogens with zero attached hydrogens (tertiary/aromatic N) is 6. The molecule has 6 aromatic heterocycles. The van der Waals surface area contributed by atoms with E-state index in [1.165, 1.54) is 0 Å². The van der Waals surface area contributed by atoms with Crippen molar-refractivity contribution in [2.75, 3.05) is 0 Å². The summed E-state index contributed by atoms with van der Waals surface area (Å²) in [5, 5.41) is 0. The first-order valence-electron chi connectivity index (χ1n) is 11.4. The van der Waals surface area contributed by atoms with Gasteiger partial charge in [0, 0.05) is 68.6 Å². The molecule has 0 aliphatic heterocycles. The smallest absolute Gasteiger partial charge is 0.870 e. The molecule has 214 valence electrons. The molecule has 0 aliphatic carbocycles. The maximum Gasteiger partial charge on any atom is 1.00 e. The molecular weight excluding hydrogens is 941 g/mol. The van der Waals surface area contributed by atoms with Gasteiger partial charge in [0.25, 0.3) is 0 Å². The summed E-state index contributed by atoms with van der Waals surface area (Å²) in [7, 11) is 4.61. The van der Waals surface area contributed by atoms with Gasteiger partial charge < -0.3 is 20.9 Å². The van der Waals surface area contributed by atoms with Gasteiger partial charge in [-0.2, -0.15) is 0 Å². The standard InChI is InChI=1S/2C15H10N3.ClH.K.2H2O.2Pt/c2*1-3-7-17-14(5-1)12-9-13(11-16-10-12)15-6-2-4-8-18-15;;;;;;/h2*1-8,10-11H;1H;;2*1H2;;/q2*-1;;+1;;;;+2/p-2. The van der Waals surface area contributed by atoms with Gasteiger partial charge in [0.05, 0.1) is 0 Å². The second-order valence-electron chi connectivity index (χ2n) is 7.58. The summed E-state index contributed by atoms with van der Waals surface area (Å²) in [4.78, 5) is 25.6. The van der Waals surface area contributed by atoms with E-state index in [0.29, 0.717) is 0 Å². The Balaban J connectivity index is 0.000000694. The van der Waals surface area contributed by atoms with Crippen LogP contribution < -0.4 is 51.4 Å². The third-order valence-corrected chi connectivity index (χ3v) is 5.12. The molecule has 42 heavy (non-hydrogen) atoms. The van der Waals surface area contributed by atoms with E-state index in [9.17, 15) is 0 Å². The minimum atomic E-state index is 0. The molecule has 0 aromatic carbocycles. The monoisotopic (exact) mass is 963 g/mol. The van der Waals surface area contributed by atoms with Crippen LogP contribution in [-0.2, 0) is 39.8 Å². The summed E-state index contributed by atoms with van der Waals surface area (Å²) in [5.74, 6) is 0. The quantitative estimate of drug-likeness (QED) is 0.196. The van der Waals surface area contributed by atoms with Gasteiger partial charge in [0.15, 0.2) is 0 Å². The van der Waals surface area contributed by atoms with Crippen molar-refractivity contribution in [1.82, 2.24) is 29.9 Å². The first kappa shape index (κ1) is 40.1. The number of hydrogen-bond acceptors (Lipinski definition) is 7. The Morgan fingerprint density at radius 1 is 0.476 bits per heavy atom. The van der Waals surface area contributed by atoms with Gasteiger partial charge in [-0.05, 0) is 49.1 Å². The maximum absolute atomic E-state index is 4.61. The topological polar surface area (TPSA) is 139 Å². The number of pyridine rings is 6. The van der Waals surface area contributed by atoms with Crippen molar-refractivity contribution in [1.29, 1.82) is 0 Å². The predicted octanol–water partition coefficient (Wildman–Crippen LogP) is 2.70. The Morgan fingerprint density at radius 2 is 0.714 bits per heavy atom. The zero-order valence-corrected chi connectivity index (χ0v) is 30.6. The van der Waals surface area contributed by atoms with Crippen molar-refractivity contribution in [3.8, 4) is 45.0 Å². The van der Waals surface area contributed by atoms with Crippen LogP contribution >= 0.6 is 9.42 Å². The SMILES string of the molecule is O.[Cl][Pt+].[K+].[OH-].[Pt].[c-]1c(-c2ccccn2)cncc1-c1ccccn1.[c-]1c(-c2ccccn2)cncc1-c1ccccn1. The van der Waals surface area contributed by atoms with Crippen molar-refractivity contribution in [2.45, 2.75) is 0 Å². The van der Waals surface area contributed by atoms with Crippen LogP contribution in [0.25, 0.3) is 45.0 Å². The summed E-state index contributed by atoms with van der Waals surface area (Å²) in [5.41, 5.74) is 6.95. The Labute approximate surface area is 317 Å². The molecule has 0 saturated carbocycles. The molecule has 0 spiro atoms. The van der Waals surface area contributed by atoms with Crippen LogP contribution in [0.4, 0.5) is 0 Å². The van der Waals surface area contributed by atoms with Crippen molar-refractivity contribution in [2.24, 2.45) is 0 Å². The van der Waals surface area contributed by atoms with Gasteiger partial charge in [0.2, 0.25) is 0 Å². The molecule has 6 heterocycles. The molecule has 0 amide bonds. The van der Waals surface area contributed by atoms with E-state index >= 15 is 0 Å². The largest absolute Gasteiger partial charge is 1.00 e. The number of hydrogen-bond donors (Lipinski definition) is 0. The van der Waals surface area contributed by atoms with E-state index in [1.54, 1.807) is 68.3 Å². The third kappa shape index (κ3) is 12.0. The summed E-state index contributed by atoms with van der Waals surface area (Å²) >= 11 is 1.61. The molecule has 0 radical (unpaired) electrons. The van der Waals surface area contributed by atoms with Crippen molar-refractivity contribution < 1.29 is 102 Å². The maximum atomic E-state index is 4.61. The minimum Gasteiger partial charge on any atom is -0.870 e. The average Bonchev–Trinajstić information content (AvgIpc) is 3.04. The first-order valence-corrected chi connectivity index (χ1v) is 14.2. The molecular formula is C30H23ClKN6O2Pt2-. The molecule has 6 aromatic rings. The normalized spacial score (nSPS) is 8.93. The minimum absolute atomic E-state index is 0.